The molecule has 2 N–H and O–H groups in total. The summed E-state index contributed by atoms with van der Waals surface area (Å²) in [7, 11) is 0. The summed E-state index contributed by atoms with van der Waals surface area (Å²) in [5.41, 5.74) is 0.987. The molecule has 0 aliphatic carbocycles. The number of nitrogens with zero attached hydrogens (tertiary/aromatic N) is 2. The highest BCUT2D eigenvalue weighted by atomic mass is 32.2. The molecular weight excluding hydrogens is 348 g/mol. The Morgan fingerprint density at radius 2 is 1.88 bits per heavy atom. The summed E-state index contributed by atoms with van der Waals surface area (Å²) >= 11 is 1.11. The second-order valence-corrected chi connectivity index (χ2v) is 6.15. The zero-order chi connectivity index (χ0) is 18.4. The molecule has 0 unspecified atom stereocenters. The molecule has 0 bridgehead atoms. The molecule has 25 heavy (non-hydrogen) atoms. The molecule has 132 valence electrons. The second kappa shape index (κ2) is 8.29. The number of benzene rings is 1. The molecule has 1 aromatic heterocycles. The summed E-state index contributed by atoms with van der Waals surface area (Å²) < 4.78 is 4.83. The maximum Gasteiger partial charge on any atom is 0.271 e. The Balaban J connectivity index is 1.80. The van der Waals surface area contributed by atoms with Crippen molar-refractivity contribution in [2.75, 3.05) is 22.1 Å². The molecule has 0 aliphatic heterocycles. The van der Waals surface area contributed by atoms with Gasteiger partial charge in [-0.05, 0) is 19.4 Å². The van der Waals surface area contributed by atoms with Gasteiger partial charge in [0.05, 0.1) is 22.1 Å². The predicted molar refractivity (Wildman–Crippen MR) is 93.7 cm³/mol. The average Bonchev–Trinajstić information content (AvgIpc) is 2.94. The van der Waals surface area contributed by atoms with E-state index >= 15 is 0 Å². The van der Waals surface area contributed by atoms with Crippen LogP contribution >= 0.6 is 11.8 Å². The number of thioether (sulfide) groups is 1. The van der Waals surface area contributed by atoms with Crippen LogP contribution in [0.25, 0.3) is 0 Å². The quantitative estimate of drug-likeness (QED) is 0.570. The molecule has 1 heterocycles. The molecule has 2 amide bonds. The summed E-state index contributed by atoms with van der Waals surface area (Å²) in [5.74, 6) is 0.339. The van der Waals surface area contributed by atoms with E-state index in [1.165, 1.54) is 12.1 Å². The van der Waals surface area contributed by atoms with Crippen molar-refractivity contribution in [3.8, 4) is 0 Å². The van der Waals surface area contributed by atoms with E-state index in [4.69, 9.17) is 4.52 Å². The van der Waals surface area contributed by atoms with E-state index in [0.29, 0.717) is 22.8 Å². The number of nitrogens with one attached hydrogen (secondary N) is 2. The first-order valence-corrected chi connectivity index (χ1v) is 8.36. The fourth-order valence-corrected chi connectivity index (χ4v) is 2.50. The molecule has 0 radical (unpaired) electrons. The number of hydrogen-bond donors (Lipinski definition) is 2. The van der Waals surface area contributed by atoms with Crippen LogP contribution in [0.2, 0.25) is 0 Å². The lowest BCUT2D eigenvalue weighted by molar-refractivity contribution is -0.384. The van der Waals surface area contributed by atoms with Crippen molar-refractivity contribution in [1.29, 1.82) is 0 Å². The topological polar surface area (TPSA) is 127 Å². The van der Waals surface area contributed by atoms with Crippen LogP contribution in [0, 0.1) is 24.0 Å². The average molecular weight is 364 g/mol. The second-order valence-electron chi connectivity index (χ2n) is 5.17. The number of hydrogen-bond acceptors (Lipinski definition) is 7. The first-order valence-electron chi connectivity index (χ1n) is 7.21. The fourth-order valence-electron chi connectivity index (χ4n) is 1.89. The number of nitro groups is 1. The molecule has 10 heteroatoms. The number of non-ortho nitro benzene ring substituents is 1. The SMILES string of the molecule is Cc1cc(NC(=O)CSCC(=O)Nc2cc([N+](=O)[O-])ccc2C)no1. The molecule has 0 atom stereocenters. The molecule has 0 spiro atoms. The Hall–Kier alpha value is -2.88. The number of aryl methyl sites for hydroxylation is 2. The number of rotatable bonds is 7. The molecule has 2 aromatic rings. The molecule has 0 saturated heterocycles. The first kappa shape index (κ1) is 18.5. The van der Waals surface area contributed by atoms with Gasteiger partial charge in [-0.1, -0.05) is 11.2 Å². The summed E-state index contributed by atoms with van der Waals surface area (Å²) in [6, 6.07) is 5.82. The molecule has 0 fully saturated rings. The summed E-state index contributed by atoms with van der Waals surface area (Å²) in [4.78, 5) is 33.9. The summed E-state index contributed by atoms with van der Waals surface area (Å²) in [5, 5.41) is 19.6. The van der Waals surface area contributed by atoms with Gasteiger partial charge in [0, 0.05) is 18.2 Å². The first-order chi connectivity index (χ1) is 11.8. The Bertz CT molecular complexity index is 805. The highest BCUT2D eigenvalue weighted by molar-refractivity contribution is 8.00. The van der Waals surface area contributed by atoms with Crippen molar-refractivity contribution in [3.05, 3.63) is 45.7 Å². The van der Waals surface area contributed by atoms with Crippen molar-refractivity contribution in [1.82, 2.24) is 5.16 Å². The standard InChI is InChI=1S/C15H16N4O5S/c1-9-3-4-11(19(22)23)6-12(9)16-14(20)7-25-8-15(21)17-13-5-10(2)24-18-13/h3-6H,7-8H2,1-2H3,(H,16,20)(H,17,18,21). The summed E-state index contributed by atoms with van der Waals surface area (Å²) in [6.07, 6.45) is 0. The Morgan fingerprint density at radius 3 is 2.48 bits per heavy atom. The number of carbonyl (C=O) groups excluding carboxylic acids is 2. The number of amides is 2. The Kier molecular flexibility index (Phi) is 6.12. The lowest BCUT2D eigenvalue weighted by Gasteiger charge is -2.08. The van der Waals surface area contributed by atoms with Crippen LogP contribution in [0.15, 0.2) is 28.8 Å². The molecule has 0 saturated carbocycles. The van der Waals surface area contributed by atoms with Gasteiger partial charge in [-0.2, -0.15) is 0 Å². The van der Waals surface area contributed by atoms with Crippen LogP contribution in [0.5, 0.6) is 0 Å². The van der Waals surface area contributed by atoms with Crippen molar-refractivity contribution in [2.24, 2.45) is 0 Å². The maximum atomic E-state index is 11.9. The zero-order valence-corrected chi connectivity index (χ0v) is 14.4. The van der Waals surface area contributed by atoms with E-state index in [1.807, 2.05) is 0 Å². The number of carbonyl (C=O) groups is 2. The predicted octanol–water partition coefficient (Wildman–Crippen LogP) is 2.51. The van der Waals surface area contributed by atoms with Gasteiger partial charge < -0.3 is 15.2 Å². The van der Waals surface area contributed by atoms with E-state index < -0.39 is 4.92 Å². The van der Waals surface area contributed by atoms with Gasteiger partial charge in [0.25, 0.3) is 5.69 Å². The normalized spacial score (nSPS) is 10.3. The van der Waals surface area contributed by atoms with Crippen molar-refractivity contribution < 1.29 is 19.0 Å². The monoisotopic (exact) mass is 364 g/mol. The minimum Gasteiger partial charge on any atom is -0.360 e. The van der Waals surface area contributed by atoms with Gasteiger partial charge in [0.15, 0.2) is 5.82 Å². The molecular formula is C15H16N4O5S. The van der Waals surface area contributed by atoms with Crippen LogP contribution < -0.4 is 10.6 Å². The Labute approximate surface area is 147 Å². The fraction of sp³-hybridized carbons (Fsp3) is 0.267. The van der Waals surface area contributed by atoms with Crippen molar-refractivity contribution >= 4 is 40.8 Å². The maximum absolute atomic E-state index is 11.9. The minimum absolute atomic E-state index is 0.0351. The lowest BCUT2D eigenvalue weighted by Crippen LogP contribution is -2.19. The smallest absolute Gasteiger partial charge is 0.271 e. The van der Waals surface area contributed by atoms with Gasteiger partial charge in [-0.3, -0.25) is 19.7 Å². The van der Waals surface area contributed by atoms with Crippen LogP contribution in [-0.2, 0) is 9.59 Å². The third-order valence-corrected chi connectivity index (χ3v) is 4.00. The number of anilines is 2. The zero-order valence-electron chi connectivity index (χ0n) is 13.6. The van der Waals surface area contributed by atoms with Gasteiger partial charge in [-0.15, -0.1) is 11.8 Å². The van der Waals surface area contributed by atoms with Crippen molar-refractivity contribution in [3.63, 3.8) is 0 Å². The van der Waals surface area contributed by atoms with Crippen LogP contribution in [0.1, 0.15) is 11.3 Å². The summed E-state index contributed by atoms with van der Waals surface area (Å²) in [6.45, 7) is 3.44. The number of nitro benzene ring substituents is 1. The molecule has 2 rings (SSSR count). The minimum atomic E-state index is -0.528. The molecule has 1 aromatic carbocycles. The van der Waals surface area contributed by atoms with Crippen LogP contribution in [0.4, 0.5) is 17.2 Å². The van der Waals surface area contributed by atoms with E-state index in [-0.39, 0.29) is 29.0 Å². The molecule has 9 nitrogen and oxygen atoms in total. The van der Waals surface area contributed by atoms with Gasteiger partial charge in [0.1, 0.15) is 5.76 Å². The van der Waals surface area contributed by atoms with Crippen LogP contribution in [-0.4, -0.2) is 33.4 Å². The number of aromatic nitrogens is 1. The third-order valence-electron chi connectivity index (χ3n) is 3.07. The van der Waals surface area contributed by atoms with Crippen LogP contribution in [0.3, 0.4) is 0 Å². The van der Waals surface area contributed by atoms with Gasteiger partial charge >= 0.3 is 0 Å². The lowest BCUT2D eigenvalue weighted by atomic mass is 10.2. The van der Waals surface area contributed by atoms with Gasteiger partial charge in [-0.25, -0.2) is 0 Å². The Morgan fingerprint density at radius 1 is 1.20 bits per heavy atom. The van der Waals surface area contributed by atoms with E-state index in [1.54, 1.807) is 26.0 Å². The third kappa shape index (κ3) is 5.60. The highest BCUT2D eigenvalue weighted by Gasteiger charge is 2.12. The van der Waals surface area contributed by atoms with E-state index in [2.05, 4.69) is 15.8 Å². The highest BCUT2D eigenvalue weighted by Crippen LogP contribution is 2.22. The van der Waals surface area contributed by atoms with E-state index in [9.17, 15) is 19.7 Å². The van der Waals surface area contributed by atoms with Gasteiger partial charge in [0.2, 0.25) is 11.8 Å². The van der Waals surface area contributed by atoms with Crippen molar-refractivity contribution in [2.45, 2.75) is 13.8 Å². The largest absolute Gasteiger partial charge is 0.360 e. The molecule has 0 aliphatic rings. The van der Waals surface area contributed by atoms with E-state index in [0.717, 1.165) is 11.8 Å².